The molecule has 2 aliphatic rings. The summed E-state index contributed by atoms with van der Waals surface area (Å²) in [7, 11) is 0. The van der Waals surface area contributed by atoms with E-state index in [1.165, 1.54) is 37.1 Å². The Kier molecular flexibility index (Phi) is 5.64. The lowest BCUT2D eigenvalue weighted by atomic mass is 9.65. The average Bonchev–Trinajstić information content (AvgIpc) is 3.15. The van der Waals surface area contributed by atoms with Crippen LogP contribution < -0.4 is 0 Å². The summed E-state index contributed by atoms with van der Waals surface area (Å²) in [6, 6.07) is 11.3. The summed E-state index contributed by atoms with van der Waals surface area (Å²) in [5.41, 5.74) is 1.89. The van der Waals surface area contributed by atoms with E-state index in [0.717, 1.165) is 23.0 Å². The first-order chi connectivity index (χ1) is 16.0. The molecule has 1 aliphatic carbocycles. The minimum absolute atomic E-state index is 0.0189. The zero-order chi connectivity index (χ0) is 24.3. The number of carbonyl (C=O) groups is 1. The lowest BCUT2D eigenvalue weighted by Crippen LogP contribution is -2.35. The Morgan fingerprint density at radius 3 is 2.65 bits per heavy atom. The Bertz CT molecular complexity index is 1300. The molecule has 1 aliphatic heterocycles. The molecule has 8 heteroatoms. The number of hydrogen-bond donors (Lipinski definition) is 1. The molecule has 1 amide bonds. The molecule has 5 rings (SSSR count). The van der Waals surface area contributed by atoms with E-state index < -0.39 is 11.7 Å². The topological polar surface area (TPSA) is 70.2 Å². The van der Waals surface area contributed by atoms with Gasteiger partial charge in [-0.15, -0.1) is 10.2 Å². The van der Waals surface area contributed by atoms with Crippen LogP contribution in [0.15, 0.2) is 57.2 Å². The van der Waals surface area contributed by atoms with E-state index in [-0.39, 0.29) is 22.5 Å². The third-order valence-electron chi connectivity index (χ3n) is 7.15. The maximum Gasteiger partial charge on any atom is 0.295 e. The molecule has 0 unspecified atom stereocenters. The normalized spacial score (nSPS) is 24.3. The van der Waals surface area contributed by atoms with Crippen molar-refractivity contribution in [1.82, 2.24) is 9.47 Å². The van der Waals surface area contributed by atoms with Gasteiger partial charge in [0.2, 0.25) is 5.88 Å². The molecule has 1 aromatic heterocycles. The second-order valence-electron chi connectivity index (χ2n) is 10.9. The monoisotopic (exact) mass is 526 g/mol. The second-order valence-corrected chi connectivity index (χ2v) is 11.8. The zero-order valence-electron chi connectivity index (χ0n) is 19.6. The average molecular weight is 527 g/mol. The lowest BCUT2D eigenvalue weighted by molar-refractivity contribution is 0.0995. The van der Waals surface area contributed by atoms with Gasteiger partial charge in [0.05, 0.1) is 12.2 Å². The first kappa shape index (κ1) is 23.2. The highest BCUT2D eigenvalue weighted by molar-refractivity contribution is 9.10. The van der Waals surface area contributed by atoms with Crippen LogP contribution in [0.4, 0.5) is 10.1 Å². The van der Waals surface area contributed by atoms with Crippen molar-refractivity contribution >= 4 is 38.4 Å². The van der Waals surface area contributed by atoms with Crippen LogP contribution in [0.2, 0.25) is 0 Å². The van der Waals surface area contributed by atoms with E-state index in [0.29, 0.717) is 23.5 Å². The van der Waals surface area contributed by atoms with Gasteiger partial charge in [0, 0.05) is 28.0 Å². The van der Waals surface area contributed by atoms with Gasteiger partial charge in [-0.3, -0.25) is 14.3 Å². The fourth-order valence-electron chi connectivity index (χ4n) is 6.21. The molecule has 0 radical (unpaired) electrons. The third kappa shape index (κ3) is 4.29. The summed E-state index contributed by atoms with van der Waals surface area (Å²) in [6.07, 6.45) is 3.50. The first-order valence-corrected chi connectivity index (χ1v) is 12.3. The van der Waals surface area contributed by atoms with Crippen LogP contribution >= 0.6 is 15.9 Å². The van der Waals surface area contributed by atoms with Crippen LogP contribution in [-0.4, -0.2) is 33.1 Å². The quantitative estimate of drug-likeness (QED) is 0.371. The number of fused-ring (bicyclic) bond motifs is 3. The molecule has 1 saturated heterocycles. The number of aromatic nitrogens is 1. The predicted octanol–water partition coefficient (Wildman–Crippen LogP) is 7.03. The largest absolute Gasteiger partial charge is 0.493 e. The van der Waals surface area contributed by atoms with Crippen molar-refractivity contribution in [2.45, 2.75) is 52.7 Å². The molecular formula is C26H28BrFN4O2. The van der Waals surface area contributed by atoms with Crippen molar-refractivity contribution in [2.24, 2.45) is 21.1 Å². The molecule has 178 valence electrons. The maximum absolute atomic E-state index is 13.2. The van der Waals surface area contributed by atoms with Crippen LogP contribution in [0.25, 0.3) is 10.9 Å². The lowest BCUT2D eigenvalue weighted by Gasteiger charge is -2.40. The molecule has 2 heterocycles. The van der Waals surface area contributed by atoms with E-state index in [1.807, 2.05) is 22.8 Å². The fourth-order valence-corrected chi connectivity index (χ4v) is 6.57. The molecule has 1 saturated carbocycles. The molecule has 3 aromatic rings. The SMILES string of the molecule is CC1(C)C[C@@H]2C[C@](C)(CN2Cn2c(O)c(N=NC(=O)c3ccc(F)cc3)c3cc(Br)ccc32)C1. The molecule has 2 aromatic carbocycles. The number of halogens is 2. The molecule has 1 N–H and O–H groups in total. The maximum atomic E-state index is 13.2. The van der Waals surface area contributed by atoms with Crippen molar-refractivity contribution in [2.75, 3.05) is 6.54 Å². The highest BCUT2D eigenvalue weighted by Crippen LogP contribution is 2.53. The van der Waals surface area contributed by atoms with Gasteiger partial charge in [0.15, 0.2) is 5.69 Å². The van der Waals surface area contributed by atoms with Crippen molar-refractivity contribution in [3.8, 4) is 5.88 Å². The van der Waals surface area contributed by atoms with E-state index in [1.54, 1.807) is 0 Å². The Morgan fingerprint density at radius 1 is 1.18 bits per heavy atom. The molecule has 34 heavy (non-hydrogen) atoms. The Hall–Kier alpha value is -2.58. The fraction of sp³-hybridized carbons (Fsp3) is 0.423. The number of rotatable bonds is 4. The third-order valence-corrected chi connectivity index (χ3v) is 7.64. The number of benzene rings is 2. The molecule has 2 fully saturated rings. The van der Waals surface area contributed by atoms with Crippen LogP contribution in [0.1, 0.15) is 50.4 Å². The van der Waals surface area contributed by atoms with Crippen LogP contribution in [0.5, 0.6) is 5.88 Å². The van der Waals surface area contributed by atoms with Crippen LogP contribution in [0, 0.1) is 16.6 Å². The molecule has 2 atom stereocenters. The number of aromatic hydroxyl groups is 1. The standard InChI is InChI=1S/C26H28BrFN4O2/c1-25(2)11-19-12-26(3,13-25)14-31(19)15-32-21-9-6-17(27)10-20(21)22(24(32)34)29-30-23(33)16-4-7-18(28)8-5-16/h4-10,19,34H,11-15H2,1-3H3/t19-,26+/m1/s1. The number of nitrogens with zero attached hydrogens (tertiary/aromatic N) is 4. The highest BCUT2D eigenvalue weighted by Gasteiger charge is 2.49. The van der Waals surface area contributed by atoms with E-state index in [9.17, 15) is 14.3 Å². The minimum Gasteiger partial charge on any atom is -0.493 e. The van der Waals surface area contributed by atoms with Gasteiger partial charge in [-0.25, -0.2) is 4.39 Å². The summed E-state index contributed by atoms with van der Waals surface area (Å²) in [4.78, 5) is 14.9. The van der Waals surface area contributed by atoms with Gasteiger partial charge in [-0.2, -0.15) is 0 Å². The zero-order valence-corrected chi connectivity index (χ0v) is 21.1. The van der Waals surface area contributed by atoms with Crippen molar-refractivity contribution in [3.63, 3.8) is 0 Å². The minimum atomic E-state index is -0.598. The second kappa shape index (κ2) is 8.27. The smallest absolute Gasteiger partial charge is 0.295 e. The van der Waals surface area contributed by atoms with Gasteiger partial charge >= 0.3 is 0 Å². The van der Waals surface area contributed by atoms with Crippen LogP contribution in [0.3, 0.4) is 0 Å². The van der Waals surface area contributed by atoms with Gasteiger partial charge in [0.25, 0.3) is 5.91 Å². The van der Waals surface area contributed by atoms with E-state index >= 15 is 0 Å². The summed E-state index contributed by atoms with van der Waals surface area (Å²) >= 11 is 3.49. The Labute approximate surface area is 206 Å². The predicted molar refractivity (Wildman–Crippen MR) is 133 cm³/mol. The molecule has 0 spiro atoms. The number of amides is 1. The van der Waals surface area contributed by atoms with Gasteiger partial charge in [-0.1, -0.05) is 36.7 Å². The highest BCUT2D eigenvalue weighted by atomic mass is 79.9. The van der Waals surface area contributed by atoms with Gasteiger partial charge < -0.3 is 5.11 Å². The molecule has 6 nitrogen and oxygen atoms in total. The Morgan fingerprint density at radius 2 is 1.91 bits per heavy atom. The summed E-state index contributed by atoms with van der Waals surface area (Å²) in [5, 5.41) is 19.9. The van der Waals surface area contributed by atoms with Gasteiger partial charge in [-0.05, 0) is 72.6 Å². The number of azo groups is 1. The van der Waals surface area contributed by atoms with Crippen molar-refractivity contribution in [1.29, 1.82) is 0 Å². The summed E-state index contributed by atoms with van der Waals surface area (Å²) in [5.74, 6) is -1.05. The van der Waals surface area contributed by atoms with Crippen LogP contribution in [-0.2, 0) is 6.67 Å². The number of likely N-dealkylation sites (tertiary alicyclic amines) is 1. The summed E-state index contributed by atoms with van der Waals surface area (Å²) < 4.78 is 15.9. The Balaban J connectivity index is 1.49. The van der Waals surface area contributed by atoms with Crippen molar-refractivity contribution < 1.29 is 14.3 Å². The van der Waals surface area contributed by atoms with Crippen molar-refractivity contribution in [3.05, 3.63) is 58.3 Å². The summed E-state index contributed by atoms with van der Waals surface area (Å²) in [6.45, 7) is 8.58. The van der Waals surface area contributed by atoms with E-state index in [2.05, 4.69) is 51.8 Å². The number of carbonyl (C=O) groups excluding carboxylic acids is 1. The molecule has 2 bridgehead atoms. The molecular weight excluding hydrogens is 499 g/mol. The van der Waals surface area contributed by atoms with Gasteiger partial charge in [0.1, 0.15) is 5.82 Å². The number of hydrogen-bond acceptors (Lipinski definition) is 4. The first-order valence-electron chi connectivity index (χ1n) is 11.5. The van der Waals surface area contributed by atoms with E-state index in [4.69, 9.17) is 0 Å².